The Bertz CT molecular complexity index is 408. The summed E-state index contributed by atoms with van der Waals surface area (Å²) in [5, 5.41) is 0. The molecule has 0 heterocycles. The summed E-state index contributed by atoms with van der Waals surface area (Å²) in [5.41, 5.74) is 2.24. The summed E-state index contributed by atoms with van der Waals surface area (Å²) in [5.74, 6) is 0.510. The van der Waals surface area contributed by atoms with Gasteiger partial charge in [-0.15, -0.1) is 0 Å². The van der Waals surface area contributed by atoms with Crippen LogP contribution in [0.5, 0.6) is 5.75 Å². The molecule has 0 bridgehead atoms. The SMILES string of the molecule is CCOC(=O)/C=C/COc1cc(C)ccc1C. The minimum absolute atomic E-state index is 0.336. The van der Waals surface area contributed by atoms with E-state index in [-0.39, 0.29) is 5.97 Å². The lowest BCUT2D eigenvalue weighted by molar-refractivity contribution is -0.137. The minimum atomic E-state index is -0.336. The van der Waals surface area contributed by atoms with Gasteiger partial charge in [-0.25, -0.2) is 4.79 Å². The number of ether oxygens (including phenoxy) is 2. The summed E-state index contributed by atoms with van der Waals surface area (Å²) in [7, 11) is 0. The van der Waals surface area contributed by atoms with Crippen LogP contribution in [0.4, 0.5) is 0 Å². The second-order valence-electron chi connectivity index (χ2n) is 3.73. The number of hydrogen-bond donors (Lipinski definition) is 0. The summed E-state index contributed by atoms with van der Waals surface area (Å²) < 4.78 is 10.3. The molecule has 1 aromatic rings. The van der Waals surface area contributed by atoms with Crippen molar-refractivity contribution in [3.8, 4) is 5.75 Å². The van der Waals surface area contributed by atoms with Gasteiger partial charge in [0.15, 0.2) is 0 Å². The second kappa shape index (κ2) is 6.74. The number of rotatable bonds is 5. The lowest BCUT2D eigenvalue weighted by Gasteiger charge is -2.07. The molecular formula is C14H18O3. The highest BCUT2D eigenvalue weighted by Crippen LogP contribution is 2.18. The summed E-state index contributed by atoms with van der Waals surface area (Å²) in [6, 6.07) is 6.03. The van der Waals surface area contributed by atoms with Crippen LogP contribution in [0.1, 0.15) is 18.1 Å². The van der Waals surface area contributed by atoms with Gasteiger partial charge in [-0.2, -0.15) is 0 Å². The lowest BCUT2D eigenvalue weighted by Crippen LogP contribution is -2.01. The van der Waals surface area contributed by atoms with E-state index in [1.165, 1.54) is 6.08 Å². The van der Waals surface area contributed by atoms with Gasteiger partial charge in [0.25, 0.3) is 0 Å². The Morgan fingerprint density at radius 2 is 2.12 bits per heavy atom. The highest BCUT2D eigenvalue weighted by molar-refractivity contribution is 5.81. The monoisotopic (exact) mass is 234 g/mol. The number of carbonyl (C=O) groups excluding carboxylic acids is 1. The van der Waals surface area contributed by atoms with Crippen molar-refractivity contribution in [3.63, 3.8) is 0 Å². The molecular weight excluding hydrogens is 216 g/mol. The highest BCUT2D eigenvalue weighted by atomic mass is 16.5. The molecule has 0 radical (unpaired) electrons. The normalized spacial score (nSPS) is 10.5. The fourth-order valence-corrected chi connectivity index (χ4v) is 1.34. The van der Waals surface area contributed by atoms with E-state index in [9.17, 15) is 4.79 Å². The van der Waals surface area contributed by atoms with E-state index < -0.39 is 0 Å². The fraction of sp³-hybridized carbons (Fsp3) is 0.357. The van der Waals surface area contributed by atoms with Crippen LogP contribution in [0.2, 0.25) is 0 Å². The van der Waals surface area contributed by atoms with Gasteiger partial charge in [-0.1, -0.05) is 12.1 Å². The molecule has 92 valence electrons. The third-order valence-electron chi connectivity index (χ3n) is 2.22. The Morgan fingerprint density at radius 1 is 1.35 bits per heavy atom. The van der Waals surface area contributed by atoms with Crippen molar-refractivity contribution in [1.29, 1.82) is 0 Å². The summed E-state index contributed by atoms with van der Waals surface area (Å²) in [4.78, 5) is 11.0. The maximum Gasteiger partial charge on any atom is 0.330 e. The molecule has 0 N–H and O–H groups in total. The molecule has 0 aliphatic rings. The van der Waals surface area contributed by atoms with E-state index in [4.69, 9.17) is 9.47 Å². The number of benzene rings is 1. The maximum atomic E-state index is 11.0. The summed E-state index contributed by atoms with van der Waals surface area (Å²) in [6.07, 6.45) is 3.04. The fourth-order valence-electron chi connectivity index (χ4n) is 1.34. The molecule has 3 nitrogen and oxygen atoms in total. The van der Waals surface area contributed by atoms with Crippen molar-refractivity contribution >= 4 is 5.97 Å². The van der Waals surface area contributed by atoms with Crippen molar-refractivity contribution in [1.82, 2.24) is 0 Å². The highest BCUT2D eigenvalue weighted by Gasteiger charge is 1.98. The van der Waals surface area contributed by atoms with Crippen molar-refractivity contribution in [3.05, 3.63) is 41.5 Å². The molecule has 0 aromatic heterocycles. The van der Waals surface area contributed by atoms with Crippen LogP contribution in [0.25, 0.3) is 0 Å². The molecule has 1 aromatic carbocycles. The zero-order chi connectivity index (χ0) is 12.7. The molecule has 0 saturated heterocycles. The molecule has 0 unspecified atom stereocenters. The Balaban J connectivity index is 2.45. The maximum absolute atomic E-state index is 11.0. The van der Waals surface area contributed by atoms with Crippen LogP contribution in [-0.2, 0) is 9.53 Å². The van der Waals surface area contributed by atoms with Crippen LogP contribution < -0.4 is 4.74 Å². The van der Waals surface area contributed by atoms with Crippen molar-refractivity contribution in [2.24, 2.45) is 0 Å². The quantitative estimate of drug-likeness (QED) is 0.580. The van der Waals surface area contributed by atoms with Gasteiger partial charge in [0, 0.05) is 6.08 Å². The standard InChI is InChI=1S/C14H18O3/c1-4-16-14(15)6-5-9-17-13-10-11(2)7-8-12(13)3/h5-8,10H,4,9H2,1-3H3/b6-5+. The van der Waals surface area contributed by atoms with Crippen molar-refractivity contribution < 1.29 is 14.3 Å². The molecule has 3 heteroatoms. The predicted molar refractivity (Wildman–Crippen MR) is 67.2 cm³/mol. The third-order valence-corrected chi connectivity index (χ3v) is 2.22. The Labute approximate surface area is 102 Å². The smallest absolute Gasteiger partial charge is 0.330 e. The average Bonchev–Trinajstić information content (AvgIpc) is 2.29. The van der Waals surface area contributed by atoms with E-state index in [1.807, 2.05) is 32.0 Å². The molecule has 0 aliphatic carbocycles. The third kappa shape index (κ3) is 4.72. The topological polar surface area (TPSA) is 35.5 Å². The first-order valence-electron chi connectivity index (χ1n) is 5.67. The van der Waals surface area contributed by atoms with Gasteiger partial charge in [0.05, 0.1) is 6.61 Å². The van der Waals surface area contributed by atoms with Crippen molar-refractivity contribution in [2.45, 2.75) is 20.8 Å². The summed E-state index contributed by atoms with van der Waals surface area (Å²) in [6.45, 7) is 6.53. The predicted octanol–water partition coefficient (Wildman–Crippen LogP) is 2.80. The van der Waals surface area contributed by atoms with E-state index in [0.29, 0.717) is 13.2 Å². The zero-order valence-corrected chi connectivity index (χ0v) is 10.5. The van der Waals surface area contributed by atoms with Gasteiger partial charge in [0.2, 0.25) is 0 Å². The van der Waals surface area contributed by atoms with Gasteiger partial charge < -0.3 is 9.47 Å². The minimum Gasteiger partial charge on any atom is -0.489 e. The largest absolute Gasteiger partial charge is 0.489 e. The van der Waals surface area contributed by atoms with E-state index in [1.54, 1.807) is 13.0 Å². The lowest BCUT2D eigenvalue weighted by atomic mass is 10.1. The van der Waals surface area contributed by atoms with Crippen LogP contribution >= 0.6 is 0 Å². The van der Waals surface area contributed by atoms with Crippen LogP contribution in [0.15, 0.2) is 30.4 Å². The number of esters is 1. The van der Waals surface area contributed by atoms with E-state index in [2.05, 4.69) is 0 Å². The molecule has 1 rings (SSSR count). The number of carbonyl (C=O) groups is 1. The first kappa shape index (κ1) is 13.3. The van der Waals surface area contributed by atoms with Crippen LogP contribution in [-0.4, -0.2) is 19.2 Å². The van der Waals surface area contributed by atoms with E-state index in [0.717, 1.165) is 16.9 Å². The van der Waals surface area contributed by atoms with Crippen molar-refractivity contribution in [2.75, 3.05) is 13.2 Å². The second-order valence-corrected chi connectivity index (χ2v) is 3.73. The van der Waals surface area contributed by atoms with Gasteiger partial charge in [-0.05, 0) is 44.0 Å². The first-order chi connectivity index (χ1) is 8.13. The molecule has 0 atom stereocenters. The molecule has 0 amide bonds. The van der Waals surface area contributed by atoms with Gasteiger partial charge in [-0.3, -0.25) is 0 Å². The number of aryl methyl sites for hydroxylation is 2. The average molecular weight is 234 g/mol. The Kier molecular flexibility index (Phi) is 5.27. The van der Waals surface area contributed by atoms with E-state index >= 15 is 0 Å². The molecule has 0 spiro atoms. The molecule has 17 heavy (non-hydrogen) atoms. The number of hydrogen-bond acceptors (Lipinski definition) is 3. The van der Waals surface area contributed by atoms with Crippen LogP contribution in [0, 0.1) is 13.8 Å². The summed E-state index contributed by atoms with van der Waals surface area (Å²) >= 11 is 0. The molecule has 0 fully saturated rings. The molecule has 0 aliphatic heterocycles. The molecule has 0 saturated carbocycles. The van der Waals surface area contributed by atoms with Gasteiger partial charge in [0.1, 0.15) is 12.4 Å². The first-order valence-corrected chi connectivity index (χ1v) is 5.67. The zero-order valence-electron chi connectivity index (χ0n) is 10.5. The van der Waals surface area contributed by atoms with Gasteiger partial charge >= 0.3 is 5.97 Å². The Morgan fingerprint density at radius 3 is 2.82 bits per heavy atom. The Hall–Kier alpha value is -1.77. The van der Waals surface area contributed by atoms with Crippen LogP contribution in [0.3, 0.4) is 0 Å².